The van der Waals surface area contributed by atoms with E-state index >= 15 is 0 Å². The van der Waals surface area contributed by atoms with E-state index < -0.39 is 29.1 Å². The Bertz CT molecular complexity index is 797. The fourth-order valence-corrected chi connectivity index (χ4v) is 3.56. The van der Waals surface area contributed by atoms with Crippen LogP contribution in [0.1, 0.15) is 56.5 Å². The van der Waals surface area contributed by atoms with E-state index in [2.05, 4.69) is 15.1 Å². The average Bonchev–Trinajstić information content (AvgIpc) is 3.11. The van der Waals surface area contributed by atoms with Gasteiger partial charge in [-0.3, -0.25) is 9.78 Å². The lowest BCUT2D eigenvalue weighted by atomic mass is 9.66. The Morgan fingerprint density at radius 3 is 2.62 bits per heavy atom. The molecule has 0 radical (unpaired) electrons. The van der Waals surface area contributed by atoms with E-state index in [1.807, 2.05) is 0 Å². The first kappa shape index (κ1) is 18.3. The van der Waals surface area contributed by atoms with Gasteiger partial charge in [0.15, 0.2) is 0 Å². The van der Waals surface area contributed by atoms with Crippen LogP contribution in [-0.4, -0.2) is 21.0 Å². The first-order valence-corrected chi connectivity index (χ1v) is 8.41. The van der Waals surface area contributed by atoms with Gasteiger partial charge in [0.1, 0.15) is 5.69 Å². The maximum atomic E-state index is 12.8. The van der Waals surface area contributed by atoms with Crippen molar-refractivity contribution in [2.75, 3.05) is 0 Å². The molecule has 1 saturated carbocycles. The molecule has 1 aliphatic carbocycles. The second-order valence-corrected chi connectivity index (χ2v) is 6.69. The van der Waals surface area contributed by atoms with Gasteiger partial charge >= 0.3 is 6.18 Å². The summed E-state index contributed by atoms with van der Waals surface area (Å²) in [7, 11) is 0. The predicted molar refractivity (Wildman–Crippen MR) is 85.7 cm³/mol. The molecule has 2 aromatic heterocycles. The van der Waals surface area contributed by atoms with Crippen LogP contribution in [0.3, 0.4) is 0 Å². The molecule has 0 bridgehead atoms. The second-order valence-electron chi connectivity index (χ2n) is 6.69. The molecule has 0 saturated heterocycles. The number of hydrogen-bond donors (Lipinski definition) is 1. The van der Waals surface area contributed by atoms with Gasteiger partial charge in [0, 0.05) is 11.8 Å². The van der Waals surface area contributed by atoms with Crippen molar-refractivity contribution in [1.82, 2.24) is 15.1 Å². The van der Waals surface area contributed by atoms with Crippen molar-refractivity contribution < 1.29 is 22.5 Å². The largest absolute Gasteiger partial charge is 0.433 e. The van der Waals surface area contributed by atoms with E-state index in [1.54, 1.807) is 6.92 Å². The van der Waals surface area contributed by atoms with E-state index in [9.17, 15) is 18.0 Å². The van der Waals surface area contributed by atoms with Crippen molar-refractivity contribution in [1.29, 1.82) is 0 Å². The monoisotopic (exact) mass is 368 g/mol. The number of rotatable bonds is 4. The van der Waals surface area contributed by atoms with Crippen LogP contribution in [0.4, 0.5) is 13.2 Å². The maximum Gasteiger partial charge on any atom is 0.433 e. The highest BCUT2D eigenvalue weighted by Crippen LogP contribution is 2.46. The lowest BCUT2D eigenvalue weighted by Gasteiger charge is -2.37. The fourth-order valence-electron chi connectivity index (χ4n) is 3.56. The zero-order valence-corrected chi connectivity index (χ0v) is 14.2. The molecule has 2 aromatic rings. The Labute approximate surface area is 148 Å². The van der Waals surface area contributed by atoms with Crippen LogP contribution < -0.4 is 5.73 Å². The Morgan fingerprint density at radius 1 is 1.31 bits per heavy atom. The molecule has 1 aliphatic rings. The minimum Gasteiger partial charge on any atom is -0.369 e. The average molecular weight is 368 g/mol. The van der Waals surface area contributed by atoms with Crippen LogP contribution in [0.25, 0.3) is 11.4 Å². The molecule has 140 valence electrons. The number of alkyl halides is 3. The molecule has 1 amide bonds. The van der Waals surface area contributed by atoms with Crippen LogP contribution in [-0.2, 0) is 11.0 Å². The van der Waals surface area contributed by atoms with Crippen molar-refractivity contribution >= 4 is 5.91 Å². The van der Waals surface area contributed by atoms with Gasteiger partial charge in [0.05, 0.1) is 11.3 Å². The van der Waals surface area contributed by atoms with Gasteiger partial charge in [-0.05, 0) is 25.0 Å². The number of carbonyl (C=O) groups is 1. The van der Waals surface area contributed by atoms with Gasteiger partial charge in [-0.15, -0.1) is 0 Å². The standard InChI is InChI=1S/C17H19F3N4O2/c1-10(16(15(21)25)6-3-2-4-7-16)14-23-13(24-26-14)11-5-8-22-12(9-11)17(18,19)20/h5,8-10H,2-4,6-7H2,1H3,(H2,21,25)/t10-/m1/s1. The normalized spacial score (nSPS) is 18.5. The smallest absolute Gasteiger partial charge is 0.369 e. The number of hydrogen-bond acceptors (Lipinski definition) is 5. The lowest BCUT2D eigenvalue weighted by Crippen LogP contribution is -2.42. The molecule has 3 rings (SSSR count). The summed E-state index contributed by atoms with van der Waals surface area (Å²) in [6.07, 6.45) is 0.552. The second kappa shape index (κ2) is 6.69. The van der Waals surface area contributed by atoms with Crippen LogP contribution >= 0.6 is 0 Å². The molecule has 26 heavy (non-hydrogen) atoms. The van der Waals surface area contributed by atoms with Gasteiger partial charge < -0.3 is 10.3 Å². The topological polar surface area (TPSA) is 94.9 Å². The molecule has 0 unspecified atom stereocenters. The molecular formula is C17H19F3N4O2. The number of halogens is 3. The van der Waals surface area contributed by atoms with Gasteiger partial charge in [-0.2, -0.15) is 18.2 Å². The molecule has 0 aromatic carbocycles. The first-order valence-electron chi connectivity index (χ1n) is 8.41. The summed E-state index contributed by atoms with van der Waals surface area (Å²) in [6.45, 7) is 1.79. The number of nitrogens with two attached hydrogens (primary N) is 1. The van der Waals surface area contributed by atoms with E-state index in [0.717, 1.165) is 31.5 Å². The summed E-state index contributed by atoms with van der Waals surface area (Å²) in [5.74, 6) is -0.598. The number of amides is 1. The van der Waals surface area contributed by atoms with E-state index in [-0.39, 0.29) is 17.3 Å². The Morgan fingerprint density at radius 2 is 2.00 bits per heavy atom. The van der Waals surface area contributed by atoms with Crippen LogP contribution in [0.15, 0.2) is 22.9 Å². The van der Waals surface area contributed by atoms with Gasteiger partial charge in [-0.25, -0.2) is 0 Å². The van der Waals surface area contributed by atoms with Crippen molar-refractivity contribution in [2.45, 2.75) is 51.1 Å². The number of aromatic nitrogens is 3. The minimum absolute atomic E-state index is 0.0233. The van der Waals surface area contributed by atoms with E-state index in [1.165, 1.54) is 6.07 Å². The van der Waals surface area contributed by atoms with Crippen LogP contribution in [0.5, 0.6) is 0 Å². The van der Waals surface area contributed by atoms with E-state index in [4.69, 9.17) is 10.3 Å². The molecule has 1 atom stereocenters. The Balaban J connectivity index is 1.91. The molecular weight excluding hydrogens is 349 g/mol. The number of carbonyl (C=O) groups excluding carboxylic acids is 1. The molecule has 9 heteroatoms. The van der Waals surface area contributed by atoms with Crippen molar-refractivity contribution in [3.8, 4) is 11.4 Å². The highest BCUT2D eigenvalue weighted by Gasteiger charge is 2.45. The van der Waals surface area contributed by atoms with Gasteiger partial charge in [-0.1, -0.05) is 31.3 Å². The third-order valence-electron chi connectivity index (χ3n) is 5.19. The number of primary amides is 1. The molecule has 2 N–H and O–H groups in total. The van der Waals surface area contributed by atoms with Crippen molar-refractivity contribution in [3.05, 3.63) is 29.9 Å². The summed E-state index contributed by atoms with van der Waals surface area (Å²) in [5, 5.41) is 3.78. The predicted octanol–water partition coefficient (Wildman–Crippen LogP) is 3.69. The maximum absolute atomic E-state index is 12.8. The summed E-state index contributed by atoms with van der Waals surface area (Å²) < 4.78 is 43.7. The summed E-state index contributed by atoms with van der Waals surface area (Å²) in [6, 6.07) is 2.24. The molecule has 1 fully saturated rings. The fraction of sp³-hybridized carbons (Fsp3) is 0.529. The third kappa shape index (κ3) is 3.30. The van der Waals surface area contributed by atoms with Crippen LogP contribution in [0.2, 0.25) is 0 Å². The molecule has 0 spiro atoms. The van der Waals surface area contributed by atoms with Crippen LogP contribution in [0, 0.1) is 5.41 Å². The number of nitrogens with zero attached hydrogens (tertiary/aromatic N) is 3. The molecule has 6 nitrogen and oxygen atoms in total. The SMILES string of the molecule is C[C@H](c1nc(-c2ccnc(C(F)(F)F)c2)no1)C1(C(N)=O)CCCCC1. The first-order chi connectivity index (χ1) is 12.2. The van der Waals surface area contributed by atoms with Gasteiger partial charge in [0.2, 0.25) is 17.6 Å². The van der Waals surface area contributed by atoms with E-state index in [0.29, 0.717) is 12.8 Å². The summed E-state index contributed by atoms with van der Waals surface area (Å²) >= 11 is 0. The highest BCUT2D eigenvalue weighted by molar-refractivity contribution is 5.82. The van der Waals surface area contributed by atoms with Gasteiger partial charge in [0.25, 0.3) is 0 Å². The molecule has 0 aliphatic heterocycles. The highest BCUT2D eigenvalue weighted by atomic mass is 19.4. The lowest BCUT2D eigenvalue weighted by molar-refractivity contribution is -0.141. The zero-order chi connectivity index (χ0) is 18.9. The minimum atomic E-state index is -4.56. The van der Waals surface area contributed by atoms with Crippen molar-refractivity contribution in [2.24, 2.45) is 11.1 Å². The Kier molecular flexibility index (Phi) is 4.72. The quantitative estimate of drug-likeness (QED) is 0.888. The third-order valence-corrected chi connectivity index (χ3v) is 5.19. The zero-order valence-electron chi connectivity index (χ0n) is 14.2. The Hall–Kier alpha value is -2.45. The van der Waals surface area contributed by atoms with Crippen molar-refractivity contribution in [3.63, 3.8) is 0 Å². The summed E-state index contributed by atoms with van der Waals surface area (Å²) in [5.41, 5.74) is 4.01. The summed E-state index contributed by atoms with van der Waals surface area (Å²) in [4.78, 5) is 19.7. The number of pyridine rings is 1. The molecule has 2 heterocycles.